The van der Waals surface area contributed by atoms with Crippen molar-refractivity contribution in [3.8, 4) is 0 Å². The van der Waals surface area contributed by atoms with Gasteiger partial charge >= 0.3 is 5.97 Å². The zero-order valence-electron chi connectivity index (χ0n) is 7.97. The molecule has 0 aliphatic heterocycles. The molecule has 0 spiro atoms. The Morgan fingerprint density at radius 1 is 1.53 bits per heavy atom. The van der Waals surface area contributed by atoms with Gasteiger partial charge in [-0.05, 0) is 24.6 Å². The summed E-state index contributed by atoms with van der Waals surface area (Å²) in [6, 6.07) is 4.96. The highest BCUT2D eigenvalue weighted by Crippen LogP contribution is 2.32. The zero-order valence-corrected chi connectivity index (χ0v) is 11.1. The van der Waals surface area contributed by atoms with Crippen LogP contribution >= 0.6 is 39.1 Å². The lowest BCUT2D eigenvalue weighted by Gasteiger charge is -2.10. The van der Waals surface area contributed by atoms with Crippen LogP contribution in [0.4, 0.5) is 0 Å². The summed E-state index contributed by atoms with van der Waals surface area (Å²) in [5.41, 5.74) is 0.652. The highest BCUT2D eigenvalue weighted by atomic mass is 79.9. The molecule has 0 saturated carbocycles. The first-order valence-corrected chi connectivity index (χ1v) is 5.99. The molecule has 0 saturated heterocycles. The minimum atomic E-state index is -0.554. The van der Waals surface area contributed by atoms with E-state index in [0.29, 0.717) is 22.2 Å². The minimum Gasteiger partial charge on any atom is -0.465 e. The van der Waals surface area contributed by atoms with Crippen LogP contribution in [0, 0.1) is 0 Å². The van der Waals surface area contributed by atoms with Crippen molar-refractivity contribution in [3.63, 3.8) is 0 Å². The van der Waals surface area contributed by atoms with Gasteiger partial charge in [-0.25, -0.2) is 0 Å². The zero-order chi connectivity index (χ0) is 11.4. The number of benzene rings is 1. The van der Waals surface area contributed by atoms with Crippen molar-refractivity contribution in [3.05, 3.63) is 33.8 Å². The van der Waals surface area contributed by atoms with Gasteiger partial charge in [0.25, 0.3) is 0 Å². The molecular weight excluding hydrogens is 303 g/mol. The first-order valence-electron chi connectivity index (χ1n) is 4.32. The third-order valence-electron chi connectivity index (χ3n) is 1.73. The molecule has 0 heterocycles. The SMILES string of the molecule is CCOC(=O)[C@H](Br)c1ccc(Cl)cc1Cl. The molecule has 82 valence electrons. The Bertz CT molecular complexity index is 368. The normalized spacial score (nSPS) is 12.3. The number of hydrogen-bond acceptors (Lipinski definition) is 2. The van der Waals surface area contributed by atoms with Crippen molar-refractivity contribution < 1.29 is 9.53 Å². The molecule has 0 unspecified atom stereocenters. The number of esters is 1. The molecule has 1 atom stereocenters. The maximum absolute atomic E-state index is 11.4. The van der Waals surface area contributed by atoms with Crippen LogP contribution in [0.15, 0.2) is 18.2 Å². The first-order chi connectivity index (χ1) is 7.06. The van der Waals surface area contributed by atoms with E-state index in [1.54, 1.807) is 25.1 Å². The second-order valence-corrected chi connectivity index (χ2v) is 4.54. The van der Waals surface area contributed by atoms with Crippen LogP contribution < -0.4 is 0 Å². The number of halogens is 3. The number of ether oxygens (including phenoxy) is 1. The lowest BCUT2D eigenvalue weighted by atomic mass is 10.1. The Balaban J connectivity index is 2.91. The average Bonchev–Trinajstić information content (AvgIpc) is 2.17. The maximum Gasteiger partial charge on any atom is 0.324 e. The van der Waals surface area contributed by atoms with Crippen molar-refractivity contribution in [1.82, 2.24) is 0 Å². The molecule has 0 radical (unpaired) electrons. The highest BCUT2D eigenvalue weighted by molar-refractivity contribution is 9.09. The number of rotatable bonds is 3. The summed E-state index contributed by atoms with van der Waals surface area (Å²) < 4.78 is 4.87. The Morgan fingerprint density at radius 3 is 2.73 bits per heavy atom. The number of hydrogen-bond donors (Lipinski definition) is 0. The van der Waals surface area contributed by atoms with Crippen LogP contribution in [0.25, 0.3) is 0 Å². The van der Waals surface area contributed by atoms with E-state index >= 15 is 0 Å². The molecule has 1 aromatic rings. The molecule has 0 N–H and O–H groups in total. The van der Waals surface area contributed by atoms with Gasteiger partial charge in [-0.3, -0.25) is 4.79 Å². The van der Waals surface area contributed by atoms with Crippen molar-refractivity contribution >= 4 is 45.1 Å². The maximum atomic E-state index is 11.4. The van der Waals surface area contributed by atoms with Gasteiger partial charge in [0.1, 0.15) is 4.83 Å². The summed E-state index contributed by atoms with van der Waals surface area (Å²) in [5, 5.41) is 0.977. The summed E-state index contributed by atoms with van der Waals surface area (Å²) in [5.74, 6) is -0.360. The Hall–Kier alpha value is -0.250. The van der Waals surface area contributed by atoms with Gasteiger partial charge in [-0.1, -0.05) is 45.2 Å². The number of alkyl halides is 1. The second kappa shape index (κ2) is 5.73. The molecule has 0 aromatic heterocycles. The van der Waals surface area contributed by atoms with Gasteiger partial charge in [0.15, 0.2) is 0 Å². The van der Waals surface area contributed by atoms with Gasteiger partial charge in [-0.15, -0.1) is 0 Å². The molecule has 1 aromatic carbocycles. The lowest BCUT2D eigenvalue weighted by molar-refractivity contribution is -0.142. The number of carbonyl (C=O) groups is 1. The Labute approximate surface area is 107 Å². The van der Waals surface area contributed by atoms with Crippen LogP contribution in [-0.4, -0.2) is 12.6 Å². The fourth-order valence-corrected chi connectivity index (χ4v) is 2.23. The van der Waals surface area contributed by atoms with Crippen molar-refractivity contribution in [1.29, 1.82) is 0 Å². The predicted octanol–water partition coefficient (Wildman–Crippen LogP) is 3.99. The van der Waals surface area contributed by atoms with Gasteiger partial charge in [-0.2, -0.15) is 0 Å². The molecule has 0 bridgehead atoms. The molecule has 1 rings (SSSR count). The molecule has 5 heteroatoms. The van der Waals surface area contributed by atoms with Crippen LogP contribution in [0.2, 0.25) is 10.0 Å². The summed E-state index contributed by atoms with van der Waals surface area (Å²) in [7, 11) is 0. The first kappa shape index (κ1) is 12.8. The predicted molar refractivity (Wildman–Crippen MR) is 64.8 cm³/mol. The minimum absolute atomic E-state index is 0.339. The molecule has 0 aliphatic rings. The van der Waals surface area contributed by atoms with E-state index in [9.17, 15) is 4.79 Å². The van der Waals surface area contributed by atoms with E-state index in [0.717, 1.165) is 0 Å². The van der Waals surface area contributed by atoms with E-state index in [1.165, 1.54) is 0 Å². The molecule has 15 heavy (non-hydrogen) atoms. The topological polar surface area (TPSA) is 26.3 Å². The van der Waals surface area contributed by atoms with Gasteiger partial charge in [0.2, 0.25) is 0 Å². The van der Waals surface area contributed by atoms with E-state index in [4.69, 9.17) is 27.9 Å². The standard InChI is InChI=1S/C10H9BrCl2O2/c1-2-15-10(14)9(11)7-4-3-6(12)5-8(7)13/h3-5,9H,2H2,1H3/t9-/m1/s1. The Kier molecular flexibility index (Phi) is 4.90. The second-order valence-electron chi connectivity index (χ2n) is 2.78. The van der Waals surface area contributed by atoms with Crippen LogP contribution in [0.5, 0.6) is 0 Å². The Morgan fingerprint density at radius 2 is 2.20 bits per heavy atom. The van der Waals surface area contributed by atoms with Crippen molar-refractivity contribution in [2.75, 3.05) is 6.61 Å². The molecule has 2 nitrogen and oxygen atoms in total. The molecule has 0 aliphatic carbocycles. The molecule has 0 amide bonds. The van der Waals surface area contributed by atoms with Crippen molar-refractivity contribution in [2.24, 2.45) is 0 Å². The smallest absolute Gasteiger partial charge is 0.324 e. The number of carbonyl (C=O) groups excluding carboxylic acids is 1. The summed E-state index contributed by atoms with van der Waals surface area (Å²) in [6.45, 7) is 2.09. The largest absolute Gasteiger partial charge is 0.465 e. The van der Waals surface area contributed by atoms with Gasteiger partial charge in [0, 0.05) is 10.0 Å². The lowest BCUT2D eigenvalue weighted by Crippen LogP contribution is -2.11. The summed E-state index contributed by atoms with van der Waals surface area (Å²) in [4.78, 5) is 10.9. The monoisotopic (exact) mass is 310 g/mol. The molecular formula is C10H9BrCl2O2. The van der Waals surface area contributed by atoms with Crippen LogP contribution in [-0.2, 0) is 9.53 Å². The third-order valence-corrected chi connectivity index (χ3v) is 3.16. The van der Waals surface area contributed by atoms with E-state index in [1.807, 2.05) is 0 Å². The average molecular weight is 312 g/mol. The highest BCUT2D eigenvalue weighted by Gasteiger charge is 2.20. The van der Waals surface area contributed by atoms with Crippen LogP contribution in [0.1, 0.15) is 17.3 Å². The fraction of sp³-hybridized carbons (Fsp3) is 0.300. The summed E-state index contributed by atoms with van der Waals surface area (Å²) >= 11 is 14.9. The van der Waals surface area contributed by atoms with E-state index in [-0.39, 0.29) is 5.97 Å². The van der Waals surface area contributed by atoms with Gasteiger partial charge in [0.05, 0.1) is 6.61 Å². The summed E-state index contributed by atoms with van der Waals surface area (Å²) in [6.07, 6.45) is 0. The van der Waals surface area contributed by atoms with Crippen LogP contribution in [0.3, 0.4) is 0 Å². The van der Waals surface area contributed by atoms with Gasteiger partial charge < -0.3 is 4.74 Å². The van der Waals surface area contributed by atoms with E-state index < -0.39 is 4.83 Å². The third kappa shape index (κ3) is 3.37. The molecule has 0 fully saturated rings. The van der Waals surface area contributed by atoms with E-state index in [2.05, 4.69) is 15.9 Å². The van der Waals surface area contributed by atoms with Crippen molar-refractivity contribution in [2.45, 2.75) is 11.8 Å². The quantitative estimate of drug-likeness (QED) is 0.623. The fourth-order valence-electron chi connectivity index (χ4n) is 1.05.